The first-order chi connectivity index (χ1) is 10.8. The van der Waals surface area contributed by atoms with E-state index in [1.165, 1.54) is 28.4 Å². The smallest absolute Gasteiger partial charge is 0.319 e. The molecule has 2 aromatic rings. The summed E-state index contributed by atoms with van der Waals surface area (Å²) in [5, 5.41) is 5.02. The molecule has 0 saturated heterocycles. The van der Waals surface area contributed by atoms with Crippen LogP contribution in [0.3, 0.4) is 0 Å². The van der Waals surface area contributed by atoms with Crippen molar-refractivity contribution in [3.05, 3.63) is 49.8 Å². The number of aromatic nitrogens is 2. The minimum Gasteiger partial charge on any atom is -0.319 e. The number of amides is 1. The summed E-state index contributed by atoms with van der Waals surface area (Å²) in [7, 11) is 0. The first-order valence-electron chi connectivity index (χ1n) is 5.80. The summed E-state index contributed by atoms with van der Waals surface area (Å²) in [6, 6.07) is 1.32. The van der Waals surface area contributed by atoms with E-state index in [0.717, 1.165) is 11.3 Å². The van der Waals surface area contributed by atoms with Gasteiger partial charge in [-0.3, -0.25) is 4.79 Å². The molecule has 12 heteroatoms. The number of nitrogens with zero attached hydrogens (tertiary/aromatic N) is 6. The first kappa shape index (κ1) is 17.0. The number of pyridine rings is 1. The summed E-state index contributed by atoms with van der Waals surface area (Å²) in [5.74, 6) is -2.20. The lowest BCUT2D eigenvalue weighted by Crippen LogP contribution is -2.25. The molecule has 0 saturated carbocycles. The SMILES string of the molecule is [N-]=[N+]=Nc1cc(Cl)ncc1Cn1ccsc1=NC(=O)C(F)(F)F. The van der Waals surface area contributed by atoms with Crippen LogP contribution in [0.1, 0.15) is 5.56 Å². The van der Waals surface area contributed by atoms with Crippen LogP contribution in [0.2, 0.25) is 5.15 Å². The zero-order valence-electron chi connectivity index (χ0n) is 11.0. The van der Waals surface area contributed by atoms with Gasteiger partial charge in [0.1, 0.15) is 5.15 Å². The largest absolute Gasteiger partial charge is 0.473 e. The predicted octanol–water partition coefficient (Wildman–Crippen LogP) is 3.58. The third-order valence-electron chi connectivity index (χ3n) is 2.52. The van der Waals surface area contributed by atoms with Crippen molar-refractivity contribution >= 4 is 34.5 Å². The molecule has 0 aliphatic carbocycles. The van der Waals surface area contributed by atoms with Gasteiger partial charge in [0.25, 0.3) is 0 Å². The molecule has 2 aromatic heterocycles. The Kier molecular flexibility index (Phi) is 5.04. The summed E-state index contributed by atoms with van der Waals surface area (Å²) in [6.45, 7) is 0.00595. The Morgan fingerprint density at radius 2 is 2.26 bits per heavy atom. The lowest BCUT2D eigenvalue weighted by atomic mass is 10.2. The number of carbonyl (C=O) groups is 1. The Morgan fingerprint density at radius 1 is 1.52 bits per heavy atom. The number of hydrogen-bond acceptors (Lipinski definition) is 4. The van der Waals surface area contributed by atoms with Crippen molar-refractivity contribution in [1.29, 1.82) is 0 Å². The van der Waals surface area contributed by atoms with Crippen LogP contribution in [0.5, 0.6) is 0 Å². The Labute approximate surface area is 135 Å². The van der Waals surface area contributed by atoms with Gasteiger partial charge in [-0.05, 0) is 17.2 Å². The van der Waals surface area contributed by atoms with E-state index in [4.69, 9.17) is 17.1 Å². The Morgan fingerprint density at radius 3 is 2.91 bits per heavy atom. The predicted molar refractivity (Wildman–Crippen MR) is 76.1 cm³/mol. The highest BCUT2D eigenvalue weighted by atomic mass is 35.5. The molecule has 0 N–H and O–H groups in total. The number of hydrogen-bond donors (Lipinski definition) is 0. The highest BCUT2D eigenvalue weighted by Crippen LogP contribution is 2.23. The van der Waals surface area contributed by atoms with Crippen LogP contribution in [-0.4, -0.2) is 21.6 Å². The lowest BCUT2D eigenvalue weighted by Gasteiger charge is -2.06. The molecule has 0 fully saturated rings. The Bertz CT molecular complexity index is 852. The Balaban J connectivity index is 2.41. The number of rotatable bonds is 3. The number of alkyl halides is 3. The van der Waals surface area contributed by atoms with Gasteiger partial charge in [-0.15, -0.1) is 11.3 Å². The van der Waals surface area contributed by atoms with E-state index in [2.05, 4.69) is 20.0 Å². The second kappa shape index (κ2) is 6.82. The van der Waals surface area contributed by atoms with E-state index in [-0.39, 0.29) is 22.2 Å². The van der Waals surface area contributed by atoms with Crippen molar-refractivity contribution in [1.82, 2.24) is 9.55 Å². The van der Waals surface area contributed by atoms with E-state index in [1.807, 2.05) is 0 Å². The summed E-state index contributed by atoms with van der Waals surface area (Å²) in [5.41, 5.74) is 9.11. The molecular formula is C11H6ClF3N6OS. The molecule has 0 aliphatic rings. The van der Waals surface area contributed by atoms with Crippen molar-refractivity contribution < 1.29 is 18.0 Å². The van der Waals surface area contributed by atoms with Crippen LogP contribution in [0.15, 0.2) is 33.9 Å². The molecule has 0 radical (unpaired) electrons. The van der Waals surface area contributed by atoms with Crippen molar-refractivity contribution in [3.63, 3.8) is 0 Å². The van der Waals surface area contributed by atoms with Gasteiger partial charge in [-0.1, -0.05) is 16.7 Å². The van der Waals surface area contributed by atoms with Crippen LogP contribution < -0.4 is 4.80 Å². The Hall–Kier alpha value is -2.36. The summed E-state index contributed by atoms with van der Waals surface area (Å²) in [4.78, 5) is 20.3. The second-order valence-corrected chi connectivity index (χ2v) is 5.31. The number of thiazole rings is 1. The summed E-state index contributed by atoms with van der Waals surface area (Å²) < 4.78 is 38.1. The molecule has 0 atom stereocenters. The number of carbonyl (C=O) groups excluding carboxylic acids is 1. The molecule has 23 heavy (non-hydrogen) atoms. The molecule has 7 nitrogen and oxygen atoms in total. The van der Waals surface area contributed by atoms with E-state index in [9.17, 15) is 18.0 Å². The quantitative estimate of drug-likeness (QED) is 0.361. The maximum Gasteiger partial charge on any atom is 0.473 e. The fourth-order valence-electron chi connectivity index (χ4n) is 1.55. The maximum atomic E-state index is 12.3. The highest BCUT2D eigenvalue weighted by Gasteiger charge is 2.38. The van der Waals surface area contributed by atoms with Crippen LogP contribution in [0.4, 0.5) is 18.9 Å². The highest BCUT2D eigenvalue weighted by molar-refractivity contribution is 7.07. The average molecular weight is 363 g/mol. The van der Waals surface area contributed by atoms with Gasteiger partial charge in [0, 0.05) is 28.4 Å². The maximum absolute atomic E-state index is 12.3. The van der Waals surface area contributed by atoms with Gasteiger partial charge in [-0.25, -0.2) is 4.98 Å². The zero-order valence-corrected chi connectivity index (χ0v) is 12.6. The minimum absolute atomic E-state index is 0.00595. The molecule has 120 valence electrons. The molecule has 0 aliphatic heterocycles. The van der Waals surface area contributed by atoms with E-state index < -0.39 is 12.1 Å². The van der Waals surface area contributed by atoms with Crippen molar-refractivity contribution in [2.75, 3.05) is 0 Å². The molecule has 0 aromatic carbocycles. The van der Waals surface area contributed by atoms with E-state index in [0.29, 0.717) is 5.56 Å². The van der Waals surface area contributed by atoms with Crippen LogP contribution in [0.25, 0.3) is 10.4 Å². The van der Waals surface area contributed by atoms with Gasteiger partial charge in [-0.2, -0.15) is 18.2 Å². The molecule has 0 bridgehead atoms. The minimum atomic E-state index is -5.04. The second-order valence-electron chi connectivity index (χ2n) is 4.05. The topological polar surface area (TPSA) is 96.0 Å². The fraction of sp³-hybridized carbons (Fsp3) is 0.182. The number of azide groups is 1. The van der Waals surface area contributed by atoms with E-state index >= 15 is 0 Å². The van der Waals surface area contributed by atoms with Crippen molar-refractivity contribution in [3.8, 4) is 0 Å². The molecule has 1 amide bonds. The first-order valence-corrected chi connectivity index (χ1v) is 7.06. The summed E-state index contributed by atoms with van der Waals surface area (Å²) in [6.07, 6.45) is -2.27. The third kappa shape index (κ3) is 4.31. The monoisotopic (exact) mass is 362 g/mol. The normalized spacial score (nSPS) is 12.1. The molecule has 2 rings (SSSR count). The summed E-state index contributed by atoms with van der Waals surface area (Å²) >= 11 is 6.56. The molecular weight excluding hydrogens is 357 g/mol. The van der Waals surface area contributed by atoms with Crippen LogP contribution >= 0.6 is 22.9 Å². The fourth-order valence-corrected chi connectivity index (χ4v) is 2.43. The van der Waals surface area contributed by atoms with Gasteiger partial charge < -0.3 is 4.57 Å². The van der Waals surface area contributed by atoms with Crippen molar-refractivity contribution in [2.45, 2.75) is 12.7 Å². The molecule has 0 spiro atoms. The zero-order chi connectivity index (χ0) is 17.0. The van der Waals surface area contributed by atoms with E-state index in [1.54, 1.807) is 0 Å². The van der Waals surface area contributed by atoms with Gasteiger partial charge in [0.05, 0.1) is 6.54 Å². The average Bonchev–Trinajstić information content (AvgIpc) is 2.88. The third-order valence-corrected chi connectivity index (χ3v) is 3.52. The van der Waals surface area contributed by atoms with Crippen LogP contribution in [0, 0.1) is 0 Å². The van der Waals surface area contributed by atoms with Crippen molar-refractivity contribution in [2.24, 2.45) is 10.1 Å². The lowest BCUT2D eigenvalue weighted by molar-refractivity contribution is -0.169. The molecule has 0 unspecified atom stereocenters. The molecule has 2 heterocycles. The van der Waals surface area contributed by atoms with Crippen LogP contribution in [-0.2, 0) is 11.3 Å². The number of halogens is 4. The van der Waals surface area contributed by atoms with Gasteiger partial charge in [0.15, 0.2) is 4.80 Å². The van der Waals surface area contributed by atoms with Gasteiger partial charge in [0.2, 0.25) is 0 Å². The van der Waals surface area contributed by atoms with Gasteiger partial charge >= 0.3 is 12.1 Å². The standard InChI is InChI=1S/C11H6ClF3N6OS/c12-8-3-7(19-20-16)6(4-17-8)5-21-1-2-23-10(21)18-9(22)11(13,14)15/h1-4H,5H2.